The van der Waals surface area contributed by atoms with E-state index in [9.17, 15) is 4.79 Å². The summed E-state index contributed by atoms with van der Waals surface area (Å²) in [7, 11) is 1.56. The Kier molecular flexibility index (Phi) is 3.00. The van der Waals surface area contributed by atoms with E-state index >= 15 is 0 Å². The van der Waals surface area contributed by atoms with Crippen molar-refractivity contribution < 1.29 is 4.74 Å². The van der Waals surface area contributed by atoms with Crippen molar-refractivity contribution in [2.24, 2.45) is 0 Å². The van der Waals surface area contributed by atoms with Crippen molar-refractivity contribution in [2.75, 3.05) is 7.11 Å². The highest BCUT2D eigenvalue weighted by atomic mass is 32.1. The van der Waals surface area contributed by atoms with E-state index in [0.29, 0.717) is 12.4 Å². The highest BCUT2D eigenvalue weighted by Crippen LogP contribution is 2.09. The van der Waals surface area contributed by atoms with Gasteiger partial charge in [0.15, 0.2) is 0 Å². The first kappa shape index (κ1) is 10.8. The van der Waals surface area contributed by atoms with Gasteiger partial charge in [0.05, 0.1) is 13.7 Å². The summed E-state index contributed by atoms with van der Waals surface area (Å²) in [5.74, 6) is 0.539. The second-order valence-electron chi connectivity index (χ2n) is 3.25. The third-order valence-corrected chi connectivity index (χ3v) is 2.81. The maximum absolute atomic E-state index is 11.5. The zero-order chi connectivity index (χ0) is 11.5. The van der Waals surface area contributed by atoms with Crippen LogP contribution in [0.25, 0.3) is 0 Å². The number of aryl methyl sites for hydroxylation is 1. The summed E-state index contributed by atoms with van der Waals surface area (Å²) in [5.41, 5.74) is 0.944. The summed E-state index contributed by atoms with van der Waals surface area (Å²) >= 11 is 1.15. The van der Waals surface area contributed by atoms with E-state index in [1.165, 1.54) is 4.68 Å². The lowest BCUT2D eigenvalue weighted by Gasteiger charge is -2.02. The quantitative estimate of drug-likeness (QED) is 0.801. The minimum absolute atomic E-state index is 0.0479. The van der Waals surface area contributed by atoms with Crippen LogP contribution in [0, 0.1) is 6.92 Å². The molecule has 0 bridgehead atoms. The summed E-state index contributed by atoms with van der Waals surface area (Å²) in [6, 6.07) is 3.63. The summed E-state index contributed by atoms with van der Waals surface area (Å²) < 4.78 is 6.45. The Balaban J connectivity index is 2.26. The summed E-state index contributed by atoms with van der Waals surface area (Å²) in [6.07, 6.45) is 1.65. The second-order valence-corrected chi connectivity index (χ2v) is 4.40. The van der Waals surface area contributed by atoms with Crippen LogP contribution in [0.5, 0.6) is 5.88 Å². The molecule has 0 atom stereocenters. The molecule has 0 aliphatic carbocycles. The van der Waals surface area contributed by atoms with Crippen LogP contribution < -0.4 is 9.61 Å². The number of methoxy groups -OCH3 is 1. The Bertz CT molecular complexity index is 547. The molecule has 0 N–H and O–H groups in total. The molecule has 2 aromatic heterocycles. The highest BCUT2D eigenvalue weighted by Gasteiger charge is 2.04. The molecule has 0 aromatic carbocycles. The van der Waals surface area contributed by atoms with Crippen molar-refractivity contribution in [1.82, 2.24) is 14.8 Å². The van der Waals surface area contributed by atoms with Crippen LogP contribution in [0.1, 0.15) is 10.6 Å². The summed E-state index contributed by atoms with van der Waals surface area (Å²) in [4.78, 5) is 15.4. The molecule has 0 amide bonds. The summed E-state index contributed by atoms with van der Waals surface area (Å²) in [6.45, 7) is 2.26. The van der Waals surface area contributed by atoms with E-state index in [4.69, 9.17) is 4.74 Å². The second kappa shape index (κ2) is 4.44. The molecule has 2 rings (SSSR count). The van der Waals surface area contributed by atoms with Crippen LogP contribution in [0.15, 0.2) is 23.1 Å². The van der Waals surface area contributed by atoms with Crippen molar-refractivity contribution in [2.45, 2.75) is 13.5 Å². The lowest BCUT2D eigenvalue weighted by atomic mass is 10.3. The molecule has 84 valence electrons. The monoisotopic (exact) mass is 237 g/mol. The van der Waals surface area contributed by atoms with Gasteiger partial charge in [0.2, 0.25) is 5.88 Å². The average Bonchev–Trinajstić information content (AvgIpc) is 2.58. The number of nitrogens with zero attached hydrogens (tertiary/aromatic N) is 3. The Labute approximate surface area is 96.3 Å². The maximum Gasteiger partial charge on any atom is 0.325 e. The molecule has 0 unspecified atom stereocenters. The molecule has 5 nitrogen and oxygen atoms in total. The van der Waals surface area contributed by atoms with Crippen molar-refractivity contribution in [3.05, 3.63) is 38.6 Å². The van der Waals surface area contributed by atoms with Crippen molar-refractivity contribution in [1.29, 1.82) is 0 Å². The molecule has 0 fully saturated rings. The number of hydrogen-bond acceptors (Lipinski definition) is 5. The normalized spacial score (nSPS) is 10.4. The summed E-state index contributed by atoms with van der Waals surface area (Å²) in [5, 5.41) is 4.89. The molecule has 0 aliphatic heterocycles. The molecule has 2 heterocycles. The van der Waals surface area contributed by atoms with Gasteiger partial charge >= 0.3 is 4.87 Å². The predicted molar refractivity (Wildman–Crippen MR) is 61.0 cm³/mol. The Morgan fingerprint density at radius 1 is 1.56 bits per heavy atom. The van der Waals surface area contributed by atoms with Gasteiger partial charge in [0.1, 0.15) is 5.01 Å². The Morgan fingerprint density at radius 2 is 2.38 bits per heavy atom. The largest absolute Gasteiger partial charge is 0.481 e. The molecular weight excluding hydrogens is 226 g/mol. The van der Waals surface area contributed by atoms with Gasteiger partial charge < -0.3 is 4.74 Å². The van der Waals surface area contributed by atoms with Crippen LogP contribution in [0.3, 0.4) is 0 Å². The molecule has 16 heavy (non-hydrogen) atoms. The van der Waals surface area contributed by atoms with Gasteiger partial charge in [-0.15, -0.1) is 0 Å². The minimum atomic E-state index is -0.0479. The van der Waals surface area contributed by atoms with Crippen molar-refractivity contribution in [3.8, 4) is 5.88 Å². The first-order valence-corrected chi connectivity index (χ1v) is 5.54. The van der Waals surface area contributed by atoms with E-state index < -0.39 is 0 Å². The van der Waals surface area contributed by atoms with Gasteiger partial charge in [0, 0.05) is 12.3 Å². The van der Waals surface area contributed by atoms with Crippen molar-refractivity contribution in [3.63, 3.8) is 0 Å². The number of hydrogen-bond donors (Lipinski definition) is 0. The zero-order valence-electron chi connectivity index (χ0n) is 9.01. The number of pyridine rings is 1. The molecule has 0 saturated carbocycles. The topological polar surface area (TPSA) is 57.0 Å². The van der Waals surface area contributed by atoms with E-state index in [0.717, 1.165) is 21.9 Å². The Morgan fingerprint density at radius 3 is 3.00 bits per heavy atom. The van der Waals surface area contributed by atoms with E-state index in [2.05, 4.69) is 10.1 Å². The first-order valence-electron chi connectivity index (χ1n) is 4.72. The molecule has 0 spiro atoms. The predicted octanol–water partition coefficient (Wildman–Crippen LogP) is 1.07. The van der Waals surface area contributed by atoms with E-state index in [1.54, 1.807) is 19.4 Å². The maximum atomic E-state index is 11.5. The van der Waals surface area contributed by atoms with E-state index in [-0.39, 0.29) is 4.87 Å². The fraction of sp³-hybridized carbons (Fsp3) is 0.300. The van der Waals surface area contributed by atoms with Gasteiger partial charge in [-0.05, 0) is 18.6 Å². The molecule has 2 aromatic rings. The third kappa shape index (κ3) is 2.27. The highest BCUT2D eigenvalue weighted by molar-refractivity contribution is 7.08. The van der Waals surface area contributed by atoms with Gasteiger partial charge in [-0.25, -0.2) is 9.67 Å². The SMILES string of the molecule is COc1cc(Cn2nc(C)sc2=O)ccn1. The van der Waals surface area contributed by atoms with E-state index in [1.807, 2.05) is 13.0 Å². The lowest BCUT2D eigenvalue weighted by molar-refractivity contribution is 0.397. The molecule has 6 heteroatoms. The minimum Gasteiger partial charge on any atom is -0.481 e. The van der Waals surface area contributed by atoms with Crippen LogP contribution in [0.2, 0.25) is 0 Å². The van der Waals surface area contributed by atoms with Gasteiger partial charge in [-0.1, -0.05) is 11.3 Å². The van der Waals surface area contributed by atoms with Gasteiger partial charge in [0.25, 0.3) is 0 Å². The molecule has 0 radical (unpaired) electrons. The van der Waals surface area contributed by atoms with Crippen LogP contribution in [-0.2, 0) is 6.54 Å². The number of ether oxygens (including phenoxy) is 1. The molecular formula is C10H11N3O2S. The van der Waals surface area contributed by atoms with Crippen LogP contribution >= 0.6 is 11.3 Å². The molecule has 0 aliphatic rings. The Hall–Kier alpha value is -1.69. The number of rotatable bonds is 3. The fourth-order valence-corrected chi connectivity index (χ4v) is 1.95. The van der Waals surface area contributed by atoms with Crippen LogP contribution in [-0.4, -0.2) is 21.9 Å². The van der Waals surface area contributed by atoms with Gasteiger partial charge in [-0.3, -0.25) is 4.79 Å². The number of aromatic nitrogens is 3. The standard InChI is InChI=1S/C10H11N3O2S/c1-7-12-13(10(14)16-7)6-8-3-4-11-9(5-8)15-2/h3-5H,6H2,1-2H3. The lowest BCUT2D eigenvalue weighted by Crippen LogP contribution is -2.15. The molecule has 0 saturated heterocycles. The fourth-order valence-electron chi connectivity index (χ4n) is 1.34. The third-order valence-electron chi connectivity index (χ3n) is 2.05. The van der Waals surface area contributed by atoms with Crippen LogP contribution in [0.4, 0.5) is 0 Å². The van der Waals surface area contributed by atoms with Crippen molar-refractivity contribution >= 4 is 11.3 Å². The van der Waals surface area contributed by atoms with Gasteiger partial charge in [-0.2, -0.15) is 5.10 Å². The first-order chi connectivity index (χ1) is 7.69. The smallest absolute Gasteiger partial charge is 0.325 e. The average molecular weight is 237 g/mol. The zero-order valence-corrected chi connectivity index (χ0v) is 9.82.